The summed E-state index contributed by atoms with van der Waals surface area (Å²) < 4.78 is 136. The molecule has 32 heteroatoms. The van der Waals surface area contributed by atoms with E-state index in [1.807, 2.05) is 121 Å². The molecule has 0 bridgehead atoms. The Kier molecular flexibility index (Phi) is 48.6. The largest absolute Gasteiger partial charge is 0.497 e. The molecule has 584 valence electrons. The SMILES string of the molecule is COCO[C@H]1[C@@H](I)[C@H](OCc2ccc(OC)cc2)C(Br)=C[C@H]1OCOC.COCO[C@H]1[C@@H](I)[C@H](OCc2ccc(OC)cc2)C(Br)=C[C@H]1OCOC.COCO[C@H]1[C@@H](I)[C@H](OCc2ccc(OC)cc2)C(Br)=C[C@H]1OCOC.COCO[C@H]1[C@@H](I)[C@H](OCc2ccc(OC)cc2)C(Br)=C[C@H]1OCOC. The summed E-state index contributed by atoms with van der Waals surface area (Å²) in [6.07, 6.45) is 5.41. The number of ether oxygens (including phenoxy) is 24. The van der Waals surface area contributed by atoms with Crippen molar-refractivity contribution in [3.63, 3.8) is 0 Å². The van der Waals surface area contributed by atoms with Crippen LogP contribution in [0.2, 0.25) is 0 Å². The molecule has 4 aromatic carbocycles. The average Bonchev–Trinajstić information content (AvgIpc) is 0.826. The summed E-state index contributed by atoms with van der Waals surface area (Å²) in [6.45, 7) is 3.45. The third-order valence-corrected chi connectivity index (χ3v) is 23.8. The molecule has 0 saturated carbocycles. The van der Waals surface area contributed by atoms with E-state index >= 15 is 0 Å². The fraction of sp³-hybridized carbons (Fsp3) is 0.556. The minimum atomic E-state index is -0.248. The van der Waals surface area contributed by atoms with Gasteiger partial charge in [-0.25, -0.2) is 0 Å². The first-order chi connectivity index (χ1) is 50.4. The third-order valence-electron chi connectivity index (χ3n) is 15.5. The second kappa shape index (κ2) is 53.9. The van der Waals surface area contributed by atoms with Gasteiger partial charge in [-0.15, -0.1) is 0 Å². The predicted octanol–water partition coefficient (Wildman–Crippen LogP) is 14.6. The number of alkyl halides is 4. The maximum absolute atomic E-state index is 6.16. The average molecular weight is 2170 g/mol. The van der Waals surface area contributed by atoms with E-state index in [-0.39, 0.29) is 143 Å². The zero-order valence-corrected chi connectivity index (χ0v) is 75.1. The van der Waals surface area contributed by atoms with Crippen LogP contribution >= 0.6 is 154 Å². The number of hydrogen-bond donors (Lipinski definition) is 0. The Morgan fingerprint density at radius 3 is 0.558 bits per heavy atom. The summed E-state index contributed by atoms with van der Waals surface area (Å²) in [6, 6.07) is 31.3. The first-order valence-electron chi connectivity index (χ1n) is 32.3. The van der Waals surface area contributed by atoms with Crippen LogP contribution in [0.3, 0.4) is 0 Å². The van der Waals surface area contributed by atoms with E-state index in [1.54, 1.807) is 85.3 Å². The highest BCUT2D eigenvalue weighted by Crippen LogP contribution is 2.40. The molecule has 0 saturated heterocycles. The Balaban J connectivity index is 0.000000249. The van der Waals surface area contributed by atoms with Crippen LogP contribution in [0.1, 0.15) is 22.3 Å². The lowest BCUT2D eigenvalue weighted by atomic mass is 9.99. The number of rotatable bonds is 40. The lowest BCUT2D eigenvalue weighted by Crippen LogP contribution is -2.48. The molecule has 0 radical (unpaired) electrons. The molecule has 0 amide bonds. The van der Waals surface area contributed by atoms with Gasteiger partial charge in [0.2, 0.25) is 0 Å². The number of benzene rings is 4. The van der Waals surface area contributed by atoms with E-state index in [0.29, 0.717) is 26.4 Å². The molecular weight excluding hydrogens is 2080 g/mol. The van der Waals surface area contributed by atoms with E-state index in [2.05, 4.69) is 154 Å². The monoisotopic (exact) mass is 2170 g/mol. The van der Waals surface area contributed by atoms with Crippen molar-refractivity contribution in [3.8, 4) is 23.0 Å². The topological polar surface area (TPSA) is 222 Å². The molecule has 0 fully saturated rings. The van der Waals surface area contributed by atoms with Crippen LogP contribution in [0.5, 0.6) is 23.0 Å². The Morgan fingerprint density at radius 1 is 0.240 bits per heavy atom. The smallest absolute Gasteiger partial charge is 0.147 e. The van der Waals surface area contributed by atoms with Crippen molar-refractivity contribution in [3.05, 3.63) is 162 Å². The van der Waals surface area contributed by atoms with Gasteiger partial charge in [-0.1, -0.05) is 203 Å². The molecule has 0 unspecified atom stereocenters. The van der Waals surface area contributed by atoms with Crippen molar-refractivity contribution in [1.82, 2.24) is 0 Å². The highest BCUT2D eigenvalue weighted by atomic mass is 127. The summed E-state index contributed by atoms with van der Waals surface area (Å²) in [7, 11) is 19.4. The molecule has 0 spiro atoms. The van der Waals surface area contributed by atoms with Crippen LogP contribution < -0.4 is 18.9 Å². The molecule has 0 heterocycles. The van der Waals surface area contributed by atoms with Gasteiger partial charge in [0.1, 0.15) is 151 Å². The Morgan fingerprint density at radius 2 is 0.404 bits per heavy atom. The van der Waals surface area contributed by atoms with Crippen LogP contribution in [0.25, 0.3) is 0 Å². The summed E-state index contributed by atoms with van der Waals surface area (Å²) in [5.74, 6) is 3.30. The van der Waals surface area contributed by atoms with E-state index in [1.165, 1.54) is 0 Å². The minimum absolute atomic E-state index is 0.0298. The van der Waals surface area contributed by atoms with Gasteiger partial charge < -0.3 is 114 Å². The molecule has 16 atom stereocenters. The van der Waals surface area contributed by atoms with Crippen LogP contribution in [-0.2, 0) is 121 Å². The van der Waals surface area contributed by atoms with Crippen molar-refractivity contribution in [2.24, 2.45) is 0 Å². The molecule has 4 aromatic rings. The van der Waals surface area contributed by atoms with E-state index in [4.69, 9.17) is 114 Å². The number of hydrogen-bond acceptors (Lipinski definition) is 24. The molecule has 8 rings (SSSR count). The third kappa shape index (κ3) is 31.6. The maximum Gasteiger partial charge on any atom is 0.147 e. The molecule has 0 aliphatic heterocycles. The number of halogens is 8. The van der Waals surface area contributed by atoms with Crippen LogP contribution in [0, 0.1) is 0 Å². The standard InChI is InChI=1S/4C18H24BrIO6/c4*1-21-10-25-15-8-14(19)17(16(20)18(15)26-11-22-2)24-9-12-4-6-13(23-3)7-5-12/h4*4-8,15-18H,9-11H2,1-3H3/t4*15-,16+,17-,18-/m1111/s1. The van der Waals surface area contributed by atoms with Gasteiger partial charge in [-0.2, -0.15) is 0 Å². The fourth-order valence-corrected chi connectivity index (χ4v) is 19.8. The maximum atomic E-state index is 6.16. The van der Waals surface area contributed by atoms with Crippen LogP contribution in [0.4, 0.5) is 0 Å². The zero-order valence-electron chi connectivity index (χ0n) is 60.1. The van der Waals surface area contributed by atoms with Crippen LogP contribution in [0.15, 0.2) is 139 Å². The van der Waals surface area contributed by atoms with E-state index < -0.39 is 0 Å². The van der Waals surface area contributed by atoms with Gasteiger partial charge in [-0.05, 0) is 95.1 Å². The highest BCUT2D eigenvalue weighted by Gasteiger charge is 2.44. The van der Waals surface area contributed by atoms with Crippen molar-refractivity contribution in [1.29, 1.82) is 0 Å². The summed E-state index contributed by atoms with van der Waals surface area (Å²) >= 11 is 23.9. The van der Waals surface area contributed by atoms with E-state index in [9.17, 15) is 0 Å². The quantitative estimate of drug-likeness (QED) is 0.0229. The molecular formula is C72H96Br4I4O24. The van der Waals surface area contributed by atoms with Gasteiger partial charge in [0.25, 0.3) is 0 Å². The molecule has 24 nitrogen and oxygen atoms in total. The molecule has 4 aliphatic carbocycles. The first-order valence-corrected chi connectivity index (χ1v) is 40.4. The summed E-state index contributed by atoms with van der Waals surface area (Å²) in [4.78, 5) is 0. The summed E-state index contributed by atoms with van der Waals surface area (Å²) in [5, 5.41) is 0. The molecule has 4 aliphatic rings. The lowest BCUT2D eigenvalue weighted by Gasteiger charge is -2.37. The zero-order chi connectivity index (χ0) is 75.8. The Bertz CT molecular complexity index is 2680. The van der Waals surface area contributed by atoms with E-state index in [0.717, 1.165) is 63.2 Å². The normalized spacial score (nSPS) is 25.8. The van der Waals surface area contributed by atoms with Crippen molar-refractivity contribution in [2.45, 2.75) is 115 Å². The first kappa shape index (κ1) is 93.7. The molecule has 0 N–H and O–H groups in total. The van der Waals surface area contributed by atoms with Gasteiger partial charge >= 0.3 is 0 Å². The predicted molar refractivity (Wildman–Crippen MR) is 440 cm³/mol. The Hall–Kier alpha value is -0.920. The van der Waals surface area contributed by atoms with Crippen molar-refractivity contribution < 1.29 is 114 Å². The van der Waals surface area contributed by atoms with Gasteiger partial charge in [0.15, 0.2) is 0 Å². The minimum Gasteiger partial charge on any atom is -0.497 e. The second-order valence-corrected chi connectivity index (χ2v) is 32.0. The van der Waals surface area contributed by atoms with Gasteiger partial charge in [-0.3, -0.25) is 0 Å². The van der Waals surface area contributed by atoms with Crippen LogP contribution in [-0.4, -0.2) is 229 Å². The van der Waals surface area contributed by atoms with Gasteiger partial charge in [0, 0.05) is 74.8 Å². The number of methoxy groups -OCH3 is 12. The van der Waals surface area contributed by atoms with Gasteiger partial charge in [0.05, 0.1) is 70.6 Å². The lowest BCUT2D eigenvalue weighted by molar-refractivity contribution is -0.152. The summed E-state index contributed by atoms with van der Waals surface area (Å²) in [5.41, 5.74) is 4.28. The van der Waals surface area contributed by atoms with Crippen molar-refractivity contribution in [2.75, 3.05) is 140 Å². The van der Waals surface area contributed by atoms with Crippen molar-refractivity contribution >= 4 is 154 Å². The fourth-order valence-electron chi connectivity index (χ4n) is 10.2. The highest BCUT2D eigenvalue weighted by molar-refractivity contribution is 14.1. The molecule has 0 aromatic heterocycles. The Labute approximate surface area is 700 Å². The second-order valence-electron chi connectivity index (χ2n) is 22.6. The molecule has 104 heavy (non-hydrogen) atoms.